The first kappa shape index (κ1) is 62.0. The van der Waals surface area contributed by atoms with Crippen LogP contribution in [-0.2, 0) is 10.8 Å². The minimum Gasteiger partial charge on any atom is -0.309 e. The molecular weight excluding hydrogens is 1300 g/mol. The van der Waals surface area contributed by atoms with Crippen LogP contribution in [0.5, 0.6) is 0 Å². The lowest BCUT2D eigenvalue weighted by Gasteiger charge is -2.23. The zero-order chi connectivity index (χ0) is 71.7. The van der Waals surface area contributed by atoms with Crippen molar-refractivity contribution >= 4 is 119 Å². The summed E-state index contributed by atoms with van der Waals surface area (Å²) in [7, 11) is 0. The first-order chi connectivity index (χ1) is 53.1. The van der Waals surface area contributed by atoms with E-state index in [0.717, 1.165) is 0 Å². The highest BCUT2D eigenvalue weighted by Crippen LogP contribution is 2.55. The Labute approximate surface area is 626 Å². The number of nitrogens with zero attached hydrogens (tertiary/aromatic N) is 2. The molecule has 2 aromatic heterocycles. The SMILES string of the molecule is CC1(C)c2cc(-c3ccc4ccccc4c3)ccc2-c2ccc(-n3c4ccccc4c4c5c6ccccc6c(-c6ccccc6)cc5c5ccccc5c43)cc21.CC1(C)c2ccccc2-c2ccc(-c3ccc(-n4c5ccccc5c5c6c7ccccc7c(-c7ccccc7)cc6c6ccccc6c54)cc3)cc21. The third-order valence-electron chi connectivity index (χ3n) is 24.5. The van der Waals surface area contributed by atoms with Crippen LogP contribution in [0.1, 0.15) is 49.9 Å². The van der Waals surface area contributed by atoms with Gasteiger partial charge in [-0.2, -0.15) is 0 Å². The summed E-state index contributed by atoms with van der Waals surface area (Å²) in [6.45, 7) is 9.51. The summed E-state index contributed by atoms with van der Waals surface area (Å²) >= 11 is 0. The third kappa shape index (κ3) is 9.08. The summed E-state index contributed by atoms with van der Waals surface area (Å²) in [5.74, 6) is 0. The fraction of sp³-hybridized carbons (Fsp3) is 0.0566. The highest BCUT2D eigenvalue weighted by molar-refractivity contribution is 6.39. The summed E-state index contributed by atoms with van der Waals surface area (Å²) in [6.07, 6.45) is 0. The molecule has 2 heteroatoms. The van der Waals surface area contributed by atoms with Gasteiger partial charge in [0.15, 0.2) is 0 Å². The van der Waals surface area contributed by atoms with Crippen LogP contribution < -0.4 is 0 Å². The van der Waals surface area contributed by atoms with Crippen molar-refractivity contribution in [3.63, 3.8) is 0 Å². The van der Waals surface area contributed by atoms with Crippen LogP contribution in [0.4, 0.5) is 0 Å². The third-order valence-corrected chi connectivity index (χ3v) is 24.5. The molecule has 0 saturated carbocycles. The minimum atomic E-state index is -0.175. The van der Waals surface area contributed by atoms with Crippen molar-refractivity contribution in [1.82, 2.24) is 9.13 Å². The van der Waals surface area contributed by atoms with E-state index in [0.29, 0.717) is 0 Å². The molecule has 0 amide bonds. The molecule has 0 N–H and O–H groups in total. The number of hydrogen-bond acceptors (Lipinski definition) is 0. The predicted octanol–water partition coefficient (Wildman–Crippen LogP) is 28.9. The fourth-order valence-electron chi connectivity index (χ4n) is 19.4. The number of hydrogen-bond donors (Lipinski definition) is 0. The molecule has 0 aliphatic heterocycles. The molecule has 0 spiro atoms. The molecule has 0 atom stereocenters. The molecule has 0 saturated heterocycles. The van der Waals surface area contributed by atoms with Crippen LogP contribution in [0.15, 0.2) is 364 Å². The molecule has 0 radical (unpaired) electrons. The number of para-hydroxylation sites is 2. The molecule has 23 rings (SSSR count). The van der Waals surface area contributed by atoms with Crippen molar-refractivity contribution in [1.29, 1.82) is 0 Å². The molecular formula is C106H72N2. The van der Waals surface area contributed by atoms with E-state index in [-0.39, 0.29) is 10.8 Å². The number of rotatable bonds is 6. The van der Waals surface area contributed by atoms with Crippen LogP contribution >= 0.6 is 0 Å². The van der Waals surface area contributed by atoms with Crippen molar-refractivity contribution in [2.24, 2.45) is 0 Å². The molecule has 21 aromatic rings. The topological polar surface area (TPSA) is 9.86 Å². The van der Waals surface area contributed by atoms with Gasteiger partial charge in [-0.3, -0.25) is 0 Å². The monoisotopic (exact) mass is 1370 g/mol. The maximum atomic E-state index is 2.55. The maximum Gasteiger partial charge on any atom is 0.0626 e. The second-order valence-electron chi connectivity index (χ2n) is 30.9. The van der Waals surface area contributed by atoms with Gasteiger partial charge in [-0.15, -0.1) is 0 Å². The van der Waals surface area contributed by atoms with Crippen molar-refractivity contribution in [3.05, 3.63) is 386 Å². The van der Waals surface area contributed by atoms with Gasteiger partial charge in [0.25, 0.3) is 0 Å². The van der Waals surface area contributed by atoms with Crippen LogP contribution in [-0.4, -0.2) is 9.13 Å². The van der Waals surface area contributed by atoms with Crippen molar-refractivity contribution in [3.8, 4) is 78.1 Å². The van der Waals surface area contributed by atoms with Gasteiger partial charge < -0.3 is 9.13 Å². The van der Waals surface area contributed by atoms with Crippen molar-refractivity contribution in [2.75, 3.05) is 0 Å². The maximum absolute atomic E-state index is 2.55. The number of aromatic nitrogens is 2. The molecule has 2 heterocycles. The van der Waals surface area contributed by atoms with E-state index in [1.807, 2.05) is 0 Å². The van der Waals surface area contributed by atoms with Crippen molar-refractivity contribution < 1.29 is 0 Å². The van der Waals surface area contributed by atoms with E-state index in [1.54, 1.807) is 0 Å². The predicted molar refractivity (Wildman–Crippen MR) is 461 cm³/mol. The van der Waals surface area contributed by atoms with E-state index < -0.39 is 0 Å². The normalized spacial score (nSPS) is 13.3. The molecule has 2 aliphatic rings. The van der Waals surface area contributed by atoms with Gasteiger partial charge >= 0.3 is 0 Å². The van der Waals surface area contributed by atoms with Gasteiger partial charge in [0.05, 0.1) is 22.1 Å². The molecule has 2 nitrogen and oxygen atoms in total. The zero-order valence-corrected chi connectivity index (χ0v) is 60.5. The molecule has 506 valence electrons. The smallest absolute Gasteiger partial charge is 0.0626 e. The highest BCUT2D eigenvalue weighted by Gasteiger charge is 2.38. The number of fused-ring (bicyclic) bond motifs is 27. The fourth-order valence-corrected chi connectivity index (χ4v) is 19.4. The summed E-state index contributed by atoms with van der Waals surface area (Å²) < 4.78 is 5.05. The van der Waals surface area contributed by atoms with Gasteiger partial charge in [-0.1, -0.05) is 325 Å². The minimum absolute atomic E-state index is 0.0271. The standard InChI is InChI=1S/C55H37N.C51H35N/c1-55(2)49-31-38(37-25-24-34-14-6-7-17-36(34)30-37)26-28-42(49)43-29-27-39(32-50(43)55)56-51-23-13-12-22-46(51)53-52-44-20-10-8-18-40(44)47(35-15-4-3-5-16-35)33-48(52)41-19-9-11-21-45(41)54(53)56;1-51(2)45-22-12-10-18-38(45)39-29-26-34(30-46(39)51)32-24-27-35(28-25-32)52-47-23-13-11-21-42(47)49-48-40-19-8-6-16-36(40)43(33-14-4-3-5-15-33)31-44(48)37-17-7-9-20-41(37)50(49)52/h3-33H,1-2H3;3-31H,1-2H3. The van der Waals surface area contributed by atoms with Crippen molar-refractivity contribution in [2.45, 2.75) is 38.5 Å². The Bertz CT molecular complexity index is 7390. The van der Waals surface area contributed by atoms with Gasteiger partial charge in [-0.25, -0.2) is 0 Å². The van der Waals surface area contributed by atoms with E-state index in [1.165, 1.54) is 219 Å². The quantitative estimate of drug-likeness (QED) is 0.147. The van der Waals surface area contributed by atoms with E-state index in [4.69, 9.17) is 0 Å². The van der Waals surface area contributed by atoms with Gasteiger partial charge in [-0.05, 0) is 210 Å². The molecule has 0 unspecified atom stereocenters. The Kier molecular flexibility index (Phi) is 13.5. The van der Waals surface area contributed by atoms with Crippen LogP contribution in [0.2, 0.25) is 0 Å². The second kappa shape index (κ2) is 23.6. The molecule has 0 fully saturated rings. The van der Waals surface area contributed by atoms with Gasteiger partial charge in [0.2, 0.25) is 0 Å². The largest absolute Gasteiger partial charge is 0.309 e. The van der Waals surface area contributed by atoms with E-state index in [2.05, 4.69) is 401 Å². The Morgan fingerprint density at radius 2 is 0.546 bits per heavy atom. The second-order valence-corrected chi connectivity index (χ2v) is 30.9. The average Bonchev–Trinajstić information content (AvgIpc) is 1.50. The lowest BCUT2D eigenvalue weighted by Crippen LogP contribution is -2.15. The van der Waals surface area contributed by atoms with Crippen LogP contribution in [0.3, 0.4) is 0 Å². The van der Waals surface area contributed by atoms with E-state index in [9.17, 15) is 0 Å². The molecule has 2 aliphatic carbocycles. The lowest BCUT2D eigenvalue weighted by atomic mass is 9.81. The van der Waals surface area contributed by atoms with E-state index >= 15 is 0 Å². The Hall–Kier alpha value is -13.4. The first-order valence-electron chi connectivity index (χ1n) is 38.0. The molecule has 0 bridgehead atoms. The zero-order valence-electron chi connectivity index (χ0n) is 60.5. The molecule has 19 aromatic carbocycles. The van der Waals surface area contributed by atoms with Crippen LogP contribution in [0, 0.1) is 0 Å². The summed E-state index contributed by atoms with van der Waals surface area (Å²) in [5.41, 5.74) is 28.1. The Morgan fingerprint density at radius 1 is 0.185 bits per heavy atom. The highest BCUT2D eigenvalue weighted by atomic mass is 15.0. The van der Waals surface area contributed by atoms with Crippen LogP contribution in [0.25, 0.3) is 197 Å². The number of benzene rings is 19. The Balaban J connectivity index is 0.000000134. The summed E-state index contributed by atoms with van der Waals surface area (Å²) in [4.78, 5) is 0. The lowest BCUT2D eigenvalue weighted by molar-refractivity contribution is 0.660. The average molecular weight is 1370 g/mol. The molecule has 108 heavy (non-hydrogen) atoms. The van der Waals surface area contributed by atoms with Gasteiger partial charge in [0, 0.05) is 65.3 Å². The summed E-state index contributed by atoms with van der Waals surface area (Å²) in [5, 5.41) is 23.1. The van der Waals surface area contributed by atoms with Gasteiger partial charge in [0.1, 0.15) is 0 Å². The summed E-state index contributed by atoms with van der Waals surface area (Å²) in [6, 6.07) is 135. The first-order valence-corrected chi connectivity index (χ1v) is 38.0. The Morgan fingerprint density at radius 3 is 1.09 bits per heavy atom.